The Balaban J connectivity index is 0.000000345. The van der Waals surface area contributed by atoms with E-state index in [0.717, 1.165) is 0 Å². The summed E-state index contributed by atoms with van der Waals surface area (Å²) in [7, 11) is -2.78. The van der Waals surface area contributed by atoms with Crippen LogP contribution in [0.15, 0.2) is 61.2 Å². The zero-order valence-electron chi connectivity index (χ0n) is 10.7. The molecule has 0 N–H and O–H groups in total. The third-order valence-corrected chi connectivity index (χ3v) is 2.60. The molecule has 0 unspecified atom stereocenters. The summed E-state index contributed by atoms with van der Waals surface area (Å²) < 4.78 is 24.3. The van der Waals surface area contributed by atoms with Gasteiger partial charge in [-0.2, -0.15) is 8.42 Å². The van der Waals surface area contributed by atoms with Crippen LogP contribution in [-0.4, -0.2) is 38.0 Å². The van der Waals surface area contributed by atoms with Gasteiger partial charge in [-0.05, 0) is 24.6 Å². The summed E-state index contributed by atoms with van der Waals surface area (Å²) in [5, 5.41) is 0. The Labute approximate surface area is 143 Å². The van der Waals surface area contributed by atoms with Crippen molar-refractivity contribution < 1.29 is 12.6 Å². The Bertz CT molecular complexity index is 570. The van der Waals surface area contributed by atoms with E-state index in [1.165, 1.54) is 11.1 Å². The second-order valence-electron chi connectivity index (χ2n) is 3.74. The Morgan fingerprint density at radius 3 is 2.00 bits per heavy atom. The second kappa shape index (κ2) is 10.7. The first-order valence-corrected chi connectivity index (χ1v) is 6.78. The van der Waals surface area contributed by atoms with Gasteiger partial charge in [0.15, 0.2) is 0 Å². The van der Waals surface area contributed by atoms with Crippen LogP contribution in [0.5, 0.6) is 5.75 Å². The standard InChI is InChI=1S/C9H10.C6H6O3S.Na.H/c1-3-9-6-4-8(2)5-7-9;7-10(8)9-6-4-2-1-3-5-6;;/h3-7H,1H2,2H3;1-5,10H;;. The number of aryl methyl sites for hydroxylation is 1. The van der Waals surface area contributed by atoms with Gasteiger partial charge >= 0.3 is 29.6 Å². The van der Waals surface area contributed by atoms with Crippen molar-refractivity contribution in [2.45, 2.75) is 6.92 Å². The molecule has 2 aromatic rings. The molecule has 0 spiro atoms. The van der Waals surface area contributed by atoms with E-state index in [1.807, 2.05) is 6.08 Å². The monoisotopic (exact) mass is 300 g/mol. The first kappa shape index (κ1) is 18.9. The van der Waals surface area contributed by atoms with Crippen LogP contribution in [0.25, 0.3) is 6.08 Å². The zero-order chi connectivity index (χ0) is 14.1. The van der Waals surface area contributed by atoms with Crippen molar-refractivity contribution in [3.05, 3.63) is 72.3 Å². The first-order valence-electron chi connectivity index (χ1n) is 5.68. The molecule has 0 amide bonds. The van der Waals surface area contributed by atoms with Crippen LogP contribution in [0.2, 0.25) is 0 Å². The summed E-state index contributed by atoms with van der Waals surface area (Å²) in [5.41, 5.74) is 2.47. The summed E-state index contributed by atoms with van der Waals surface area (Å²) in [6.07, 6.45) is 1.85. The summed E-state index contributed by atoms with van der Waals surface area (Å²) in [5.74, 6) is 0.346. The number of rotatable bonds is 3. The van der Waals surface area contributed by atoms with E-state index in [1.54, 1.807) is 30.3 Å². The van der Waals surface area contributed by atoms with Crippen molar-refractivity contribution >= 4 is 46.6 Å². The first-order chi connectivity index (χ1) is 9.11. The number of hydrogen-bond donors (Lipinski definition) is 1. The average Bonchev–Trinajstić information content (AvgIpc) is 2.41. The van der Waals surface area contributed by atoms with E-state index in [0.29, 0.717) is 5.75 Å². The van der Waals surface area contributed by atoms with Crippen molar-refractivity contribution in [2.24, 2.45) is 0 Å². The predicted octanol–water partition coefficient (Wildman–Crippen LogP) is 2.58. The van der Waals surface area contributed by atoms with Crippen molar-refractivity contribution in [3.8, 4) is 5.75 Å². The predicted molar refractivity (Wildman–Crippen MR) is 85.8 cm³/mol. The van der Waals surface area contributed by atoms with Crippen LogP contribution in [0.1, 0.15) is 11.1 Å². The molecule has 0 heterocycles. The van der Waals surface area contributed by atoms with Gasteiger partial charge in [-0.3, -0.25) is 0 Å². The summed E-state index contributed by atoms with van der Waals surface area (Å²) >= 11 is 0. The molecule has 2 aromatic carbocycles. The molecule has 5 heteroatoms. The van der Waals surface area contributed by atoms with Gasteiger partial charge in [0.1, 0.15) is 5.75 Å². The minimum absolute atomic E-state index is 0. The maximum atomic E-state index is 9.98. The molecule has 2 rings (SSSR count). The Morgan fingerprint density at radius 2 is 1.55 bits per heavy atom. The quantitative estimate of drug-likeness (QED) is 0.700. The van der Waals surface area contributed by atoms with Crippen LogP contribution in [0.4, 0.5) is 0 Å². The molecule has 0 bridgehead atoms. The SMILES string of the molecule is C=Cc1ccc(C)cc1.O=[SH](=O)Oc1ccccc1.[NaH]. The van der Waals surface area contributed by atoms with Gasteiger partial charge in [0.05, 0.1) is 0 Å². The third kappa shape index (κ3) is 8.17. The van der Waals surface area contributed by atoms with Gasteiger partial charge in [0.25, 0.3) is 11.0 Å². The fourth-order valence-electron chi connectivity index (χ4n) is 1.27. The van der Waals surface area contributed by atoms with Gasteiger partial charge in [-0.1, -0.05) is 60.7 Å². The van der Waals surface area contributed by atoms with Crippen LogP contribution >= 0.6 is 0 Å². The van der Waals surface area contributed by atoms with Crippen molar-refractivity contribution in [2.75, 3.05) is 0 Å². The molecule has 0 aliphatic rings. The molecule has 0 atom stereocenters. The molecule has 0 radical (unpaired) electrons. The normalized spacial score (nSPS) is 8.90. The van der Waals surface area contributed by atoms with Gasteiger partial charge in [-0.25, -0.2) is 0 Å². The van der Waals surface area contributed by atoms with E-state index >= 15 is 0 Å². The molecule has 20 heavy (non-hydrogen) atoms. The maximum absolute atomic E-state index is 9.98. The molecule has 102 valence electrons. The fraction of sp³-hybridized carbons (Fsp3) is 0.0667. The average molecular weight is 300 g/mol. The van der Waals surface area contributed by atoms with Crippen molar-refractivity contribution in [1.29, 1.82) is 0 Å². The molecule has 0 aromatic heterocycles. The van der Waals surface area contributed by atoms with Crippen LogP contribution in [-0.2, 0) is 11.0 Å². The van der Waals surface area contributed by atoms with Crippen LogP contribution in [0.3, 0.4) is 0 Å². The Morgan fingerprint density at radius 1 is 1.00 bits per heavy atom. The van der Waals surface area contributed by atoms with Crippen LogP contribution < -0.4 is 4.18 Å². The van der Waals surface area contributed by atoms with E-state index in [9.17, 15) is 8.42 Å². The van der Waals surface area contributed by atoms with Gasteiger partial charge in [0, 0.05) is 0 Å². The third-order valence-electron chi connectivity index (χ3n) is 2.24. The molecule has 0 aliphatic carbocycles. The van der Waals surface area contributed by atoms with Crippen LogP contribution in [0, 0.1) is 6.92 Å². The van der Waals surface area contributed by atoms with Gasteiger partial charge in [0.2, 0.25) is 0 Å². The molecule has 0 aliphatic heterocycles. The van der Waals surface area contributed by atoms with E-state index in [-0.39, 0.29) is 29.6 Å². The Hall–Kier alpha value is -1.07. The fourth-order valence-corrected chi connectivity index (χ4v) is 1.56. The number of para-hydroxylation sites is 1. The molecular formula is C15H17NaO3S. The minimum atomic E-state index is -2.78. The van der Waals surface area contributed by atoms with E-state index < -0.39 is 11.0 Å². The van der Waals surface area contributed by atoms with E-state index in [2.05, 4.69) is 42.0 Å². The molecule has 0 fully saturated rings. The Kier molecular flexibility index (Phi) is 10.1. The zero-order valence-corrected chi connectivity index (χ0v) is 11.5. The molecular weight excluding hydrogens is 283 g/mol. The number of thiol groups is 1. The summed E-state index contributed by atoms with van der Waals surface area (Å²) in [6.45, 7) is 5.74. The second-order valence-corrected chi connectivity index (χ2v) is 4.37. The summed E-state index contributed by atoms with van der Waals surface area (Å²) in [4.78, 5) is 0. The summed E-state index contributed by atoms with van der Waals surface area (Å²) in [6, 6.07) is 16.6. The molecule has 0 saturated carbocycles. The number of benzene rings is 2. The van der Waals surface area contributed by atoms with E-state index in [4.69, 9.17) is 0 Å². The van der Waals surface area contributed by atoms with Crippen molar-refractivity contribution in [3.63, 3.8) is 0 Å². The molecule has 0 saturated heterocycles. The van der Waals surface area contributed by atoms with Gasteiger partial charge < -0.3 is 4.18 Å². The molecule has 3 nitrogen and oxygen atoms in total. The topological polar surface area (TPSA) is 43.4 Å². The van der Waals surface area contributed by atoms with Gasteiger partial charge in [-0.15, -0.1) is 0 Å². The van der Waals surface area contributed by atoms with Crippen molar-refractivity contribution in [1.82, 2.24) is 0 Å². The number of hydrogen-bond acceptors (Lipinski definition) is 3.